The monoisotopic (exact) mass is 314 g/mol. The standard InChI is InChI=1S/C14H14N6O3/c1-9-3-5-11(6-4-9)14-17-19-20(18-14)7-13(21)22-8-12-16-15-10(2)23-12/h3-6H,7-8H2,1-2H3. The summed E-state index contributed by atoms with van der Waals surface area (Å²) in [6, 6.07) is 7.70. The highest BCUT2D eigenvalue weighted by molar-refractivity contribution is 5.68. The third-order valence-corrected chi connectivity index (χ3v) is 2.96. The van der Waals surface area contributed by atoms with Gasteiger partial charge in [-0.25, -0.2) is 4.79 Å². The molecule has 0 aliphatic carbocycles. The highest BCUT2D eigenvalue weighted by Crippen LogP contribution is 2.13. The van der Waals surface area contributed by atoms with Crippen LogP contribution in [0.4, 0.5) is 0 Å². The summed E-state index contributed by atoms with van der Waals surface area (Å²) in [7, 11) is 0. The van der Waals surface area contributed by atoms with Crippen LogP contribution in [-0.4, -0.2) is 36.4 Å². The smallest absolute Gasteiger partial charge is 0.330 e. The number of carbonyl (C=O) groups excluding carboxylic acids is 1. The molecule has 2 heterocycles. The van der Waals surface area contributed by atoms with Crippen LogP contribution >= 0.6 is 0 Å². The molecule has 23 heavy (non-hydrogen) atoms. The fourth-order valence-corrected chi connectivity index (χ4v) is 1.83. The van der Waals surface area contributed by atoms with Crippen molar-refractivity contribution in [2.75, 3.05) is 0 Å². The van der Waals surface area contributed by atoms with Crippen molar-refractivity contribution < 1.29 is 13.9 Å². The number of benzene rings is 1. The molecule has 9 heteroatoms. The second-order valence-corrected chi connectivity index (χ2v) is 4.88. The maximum atomic E-state index is 11.7. The van der Waals surface area contributed by atoms with Crippen molar-refractivity contribution in [3.05, 3.63) is 41.6 Å². The first kappa shape index (κ1) is 14.8. The molecule has 3 aromatic rings. The molecular weight excluding hydrogens is 300 g/mol. The summed E-state index contributed by atoms with van der Waals surface area (Å²) in [5.74, 6) is 0.582. The maximum absolute atomic E-state index is 11.7. The second-order valence-electron chi connectivity index (χ2n) is 4.88. The first-order valence-electron chi connectivity index (χ1n) is 6.89. The molecule has 118 valence electrons. The first-order chi connectivity index (χ1) is 11.1. The Balaban J connectivity index is 1.58. The summed E-state index contributed by atoms with van der Waals surface area (Å²) in [6.45, 7) is 3.42. The molecule has 0 aliphatic heterocycles. The molecule has 0 amide bonds. The van der Waals surface area contributed by atoms with Crippen LogP contribution in [0.2, 0.25) is 0 Å². The minimum atomic E-state index is -0.520. The van der Waals surface area contributed by atoms with E-state index < -0.39 is 5.97 Å². The Kier molecular flexibility index (Phi) is 4.09. The van der Waals surface area contributed by atoms with Gasteiger partial charge in [-0.2, -0.15) is 4.80 Å². The molecule has 3 rings (SSSR count). The number of aryl methyl sites for hydroxylation is 2. The van der Waals surface area contributed by atoms with E-state index in [-0.39, 0.29) is 19.0 Å². The average Bonchev–Trinajstić information content (AvgIpc) is 3.15. The lowest BCUT2D eigenvalue weighted by molar-refractivity contribution is -0.146. The van der Waals surface area contributed by atoms with Gasteiger partial charge < -0.3 is 9.15 Å². The Morgan fingerprint density at radius 2 is 1.96 bits per heavy atom. The predicted molar refractivity (Wildman–Crippen MR) is 76.8 cm³/mol. The summed E-state index contributed by atoms with van der Waals surface area (Å²) >= 11 is 0. The molecule has 0 spiro atoms. The topological polar surface area (TPSA) is 109 Å². The fourth-order valence-electron chi connectivity index (χ4n) is 1.83. The minimum absolute atomic E-state index is 0.0841. The molecule has 0 atom stereocenters. The summed E-state index contributed by atoms with van der Waals surface area (Å²) in [5.41, 5.74) is 1.97. The zero-order valence-electron chi connectivity index (χ0n) is 12.6. The van der Waals surface area contributed by atoms with Crippen LogP contribution in [0.5, 0.6) is 0 Å². The zero-order chi connectivity index (χ0) is 16.2. The van der Waals surface area contributed by atoms with Crippen molar-refractivity contribution in [1.82, 2.24) is 30.4 Å². The number of nitrogens with zero attached hydrogens (tertiary/aromatic N) is 6. The maximum Gasteiger partial charge on any atom is 0.330 e. The van der Waals surface area contributed by atoms with E-state index in [1.54, 1.807) is 6.92 Å². The average molecular weight is 314 g/mol. The number of carbonyl (C=O) groups is 1. The highest BCUT2D eigenvalue weighted by Gasteiger charge is 2.12. The Morgan fingerprint density at radius 1 is 1.17 bits per heavy atom. The minimum Gasteiger partial charge on any atom is -0.454 e. The predicted octanol–water partition coefficient (Wildman–Crippen LogP) is 1.08. The lowest BCUT2D eigenvalue weighted by atomic mass is 10.1. The number of hydrogen-bond donors (Lipinski definition) is 0. The fraction of sp³-hybridized carbons (Fsp3) is 0.286. The molecule has 2 aromatic heterocycles. The van der Waals surface area contributed by atoms with E-state index in [9.17, 15) is 4.79 Å². The number of ether oxygens (including phenoxy) is 1. The number of aromatic nitrogens is 6. The molecule has 0 saturated heterocycles. The van der Waals surface area contributed by atoms with Gasteiger partial charge in [0, 0.05) is 12.5 Å². The third-order valence-electron chi connectivity index (χ3n) is 2.96. The van der Waals surface area contributed by atoms with Gasteiger partial charge in [0.25, 0.3) is 5.89 Å². The molecule has 0 unspecified atom stereocenters. The van der Waals surface area contributed by atoms with E-state index in [0.29, 0.717) is 11.7 Å². The Morgan fingerprint density at radius 3 is 2.65 bits per heavy atom. The van der Waals surface area contributed by atoms with Gasteiger partial charge in [-0.1, -0.05) is 29.8 Å². The highest BCUT2D eigenvalue weighted by atomic mass is 16.5. The number of rotatable bonds is 5. The Labute approximate surface area is 131 Å². The molecular formula is C14H14N6O3. The number of tetrazole rings is 1. The van der Waals surface area contributed by atoms with Crippen molar-refractivity contribution in [3.63, 3.8) is 0 Å². The first-order valence-corrected chi connectivity index (χ1v) is 6.89. The third kappa shape index (κ3) is 3.76. The van der Waals surface area contributed by atoms with E-state index in [0.717, 1.165) is 11.1 Å². The van der Waals surface area contributed by atoms with Crippen molar-refractivity contribution in [2.24, 2.45) is 0 Å². The van der Waals surface area contributed by atoms with Gasteiger partial charge in [-0.05, 0) is 12.1 Å². The van der Waals surface area contributed by atoms with Crippen LogP contribution in [0.3, 0.4) is 0 Å². The van der Waals surface area contributed by atoms with Gasteiger partial charge in [0.1, 0.15) is 0 Å². The molecule has 0 aliphatic rings. The quantitative estimate of drug-likeness (QED) is 0.644. The Bertz CT molecular complexity index is 808. The van der Waals surface area contributed by atoms with Gasteiger partial charge in [0.15, 0.2) is 13.2 Å². The van der Waals surface area contributed by atoms with Gasteiger partial charge in [-0.15, -0.1) is 20.4 Å². The summed E-state index contributed by atoms with van der Waals surface area (Å²) in [4.78, 5) is 12.9. The molecule has 9 nitrogen and oxygen atoms in total. The second kappa shape index (κ2) is 6.34. The lowest BCUT2D eigenvalue weighted by Crippen LogP contribution is -2.15. The molecule has 0 radical (unpaired) electrons. The molecule has 0 saturated carbocycles. The van der Waals surface area contributed by atoms with Crippen LogP contribution in [0.25, 0.3) is 11.4 Å². The van der Waals surface area contributed by atoms with E-state index in [2.05, 4.69) is 25.6 Å². The largest absolute Gasteiger partial charge is 0.454 e. The van der Waals surface area contributed by atoms with Crippen LogP contribution in [-0.2, 0) is 22.7 Å². The van der Waals surface area contributed by atoms with Crippen molar-refractivity contribution in [1.29, 1.82) is 0 Å². The van der Waals surface area contributed by atoms with Gasteiger partial charge >= 0.3 is 5.97 Å². The summed E-state index contributed by atoms with van der Waals surface area (Å²) < 4.78 is 10.1. The molecule has 0 bridgehead atoms. The van der Waals surface area contributed by atoms with Crippen LogP contribution in [0.1, 0.15) is 17.3 Å². The van der Waals surface area contributed by atoms with E-state index in [4.69, 9.17) is 9.15 Å². The van der Waals surface area contributed by atoms with Gasteiger partial charge in [0.2, 0.25) is 11.7 Å². The molecule has 1 aromatic carbocycles. The van der Waals surface area contributed by atoms with E-state index in [1.807, 2.05) is 31.2 Å². The summed E-state index contributed by atoms with van der Waals surface area (Å²) in [5, 5.41) is 19.3. The summed E-state index contributed by atoms with van der Waals surface area (Å²) in [6.07, 6.45) is 0. The van der Waals surface area contributed by atoms with Crippen molar-refractivity contribution in [2.45, 2.75) is 27.0 Å². The van der Waals surface area contributed by atoms with Crippen LogP contribution < -0.4 is 0 Å². The normalized spacial score (nSPS) is 10.7. The van der Waals surface area contributed by atoms with E-state index in [1.165, 1.54) is 4.80 Å². The van der Waals surface area contributed by atoms with Crippen LogP contribution in [0.15, 0.2) is 28.7 Å². The Hall–Kier alpha value is -3.10. The van der Waals surface area contributed by atoms with Gasteiger partial charge in [-0.3, -0.25) is 0 Å². The number of esters is 1. The molecule has 0 fully saturated rings. The van der Waals surface area contributed by atoms with E-state index >= 15 is 0 Å². The number of hydrogen-bond acceptors (Lipinski definition) is 8. The lowest BCUT2D eigenvalue weighted by Gasteiger charge is -2.00. The van der Waals surface area contributed by atoms with Gasteiger partial charge in [0.05, 0.1) is 0 Å². The molecule has 0 N–H and O–H groups in total. The SMILES string of the molecule is Cc1ccc(-c2nnn(CC(=O)OCc3nnc(C)o3)n2)cc1. The zero-order valence-corrected chi connectivity index (χ0v) is 12.6. The van der Waals surface area contributed by atoms with Crippen LogP contribution in [0, 0.1) is 13.8 Å². The van der Waals surface area contributed by atoms with Crippen molar-refractivity contribution >= 4 is 5.97 Å². The van der Waals surface area contributed by atoms with Crippen molar-refractivity contribution in [3.8, 4) is 11.4 Å².